The Morgan fingerprint density at radius 2 is 1.80 bits per heavy atom. The molecule has 0 saturated carbocycles. The van der Waals surface area contributed by atoms with Gasteiger partial charge in [-0.3, -0.25) is 0 Å². The van der Waals surface area contributed by atoms with Crippen LogP contribution in [0.5, 0.6) is 0 Å². The van der Waals surface area contributed by atoms with E-state index < -0.39 is 14.6 Å². The third-order valence-electron chi connectivity index (χ3n) is 3.45. The van der Waals surface area contributed by atoms with E-state index in [-0.39, 0.29) is 5.75 Å². The third-order valence-corrected chi connectivity index (χ3v) is 6.09. The van der Waals surface area contributed by atoms with Crippen LogP contribution >= 0.6 is 0 Å². The van der Waals surface area contributed by atoms with E-state index in [9.17, 15) is 8.42 Å². The molecule has 5 heteroatoms. The highest BCUT2D eigenvalue weighted by Crippen LogP contribution is 2.21. The molecule has 20 heavy (non-hydrogen) atoms. The number of hydrogen-bond acceptors (Lipinski definition) is 4. The van der Waals surface area contributed by atoms with Gasteiger partial charge < -0.3 is 10.1 Å². The van der Waals surface area contributed by atoms with Crippen molar-refractivity contribution in [2.45, 2.75) is 52.2 Å². The minimum atomic E-state index is -3.02. The van der Waals surface area contributed by atoms with Crippen molar-refractivity contribution >= 4 is 9.84 Å². The van der Waals surface area contributed by atoms with Crippen molar-refractivity contribution in [1.82, 2.24) is 5.32 Å². The number of sulfone groups is 1. The Bertz CT molecular complexity index is 345. The van der Waals surface area contributed by atoms with Gasteiger partial charge in [0.05, 0.1) is 17.1 Å². The summed E-state index contributed by atoms with van der Waals surface area (Å²) in [5.74, 6) is 1.27. The van der Waals surface area contributed by atoms with E-state index in [0.717, 1.165) is 25.9 Å². The number of ether oxygens (including phenoxy) is 1. The van der Waals surface area contributed by atoms with Crippen LogP contribution in [-0.2, 0) is 14.6 Å². The van der Waals surface area contributed by atoms with Crippen molar-refractivity contribution in [1.29, 1.82) is 0 Å². The van der Waals surface area contributed by atoms with Crippen LogP contribution in [0.4, 0.5) is 0 Å². The lowest BCUT2D eigenvalue weighted by Crippen LogP contribution is -2.33. The quantitative estimate of drug-likeness (QED) is 0.630. The molecule has 0 fully saturated rings. The molecular formula is C15H33NO3S. The molecule has 0 aliphatic rings. The molecule has 1 N–H and O–H groups in total. The van der Waals surface area contributed by atoms with Crippen LogP contribution in [0.25, 0.3) is 0 Å². The van der Waals surface area contributed by atoms with Gasteiger partial charge in [-0.25, -0.2) is 8.42 Å². The molecule has 0 aromatic heterocycles. The van der Waals surface area contributed by atoms with Crippen molar-refractivity contribution in [2.75, 3.05) is 32.6 Å². The number of hydrogen-bond donors (Lipinski definition) is 1. The smallest absolute Gasteiger partial charge is 0.155 e. The summed E-state index contributed by atoms with van der Waals surface area (Å²) in [5.41, 5.74) is 0. The Balaban J connectivity index is 4.36. The van der Waals surface area contributed by atoms with E-state index >= 15 is 0 Å². The van der Waals surface area contributed by atoms with Gasteiger partial charge in [-0.2, -0.15) is 0 Å². The Hall–Kier alpha value is -0.130. The summed E-state index contributed by atoms with van der Waals surface area (Å²) in [4.78, 5) is 0. The lowest BCUT2D eigenvalue weighted by Gasteiger charge is -2.23. The summed E-state index contributed by atoms with van der Waals surface area (Å²) in [7, 11) is -1.33. The molecule has 0 aromatic carbocycles. The zero-order valence-corrected chi connectivity index (χ0v) is 14.8. The Morgan fingerprint density at radius 3 is 2.25 bits per heavy atom. The topological polar surface area (TPSA) is 55.4 Å². The molecule has 0 aliphatic heterocycles. The SMILES string of the molecule is COCCNCC(CCS(=O)(=O)C(C)(C)C)CC(C)C. The molecule has 1 atom stereocenters. The largest absolute Gasteiger partial charge is 0.383 e. The summed E-state index contributed by atoms with van der Waals surface area (Å²) in [6, 6.07) is 0. The molecule has 0 aromatic rings. The van der Waals surface area contributed by atoms with Crippen molar-refractivity contribution < 1.29 is 13.2 Å². The van der Waals surface area contributed by atoms with Gasteiger partial charge >= 0.3 is 0 Å². The highest BCUT2D eigenvalue weighted by molar-refractivity contribution is 7.92. The molecule has 0 rings (SSSR count). The molecule has 0 spiro atoms. The maximum absolute atomic E-state index is 12.2. The summed E-state index contributed by atoms with van der Waals surface area (Å²) >= 11 is 0. The number of rotatable bonds is 10. The van der Waals surface area contributed by atoms with E-state index in [0.29, 0.717) is 18.4 Å². The second-order valence-corrected chi connectivity index (χ2v) is 9.77. The Morgan fingerprint density at radius 1 is 1.20 bits per heavy atom. The molecule has 0 saturated heterocycles. The summed E-state index contributed by atoms with van der Waals surface area (Å²) in [5, 5.41) is 3.35. The van der Waals surface area contributed by atoms with E-state index in [1.807, 2.05) is 0 Å². The summed E-state index contributed by atoms with van der Waals surface area (Å²) in [6.45, 7) is 12.1. The van der Waals surface area contributed by atoms with Gasteiger partial charge in [0.15, 0.2) is 9.84 Å². The predicted molar refractivity (Wildman–Crippen MR) is 85.8 cm³/mol. The van der Waals surface area contributed by atoms with Crippen LogP contribution in [0.3, 0.4) is 0 Å². The molecule has 122 valence electrons. The first-order valence-electron chi connectivity index (χ1n) is 7.52. The zero-order chi connectivity index (χ0) is 15.8. The first-order valence-corrected chi connectivity index (χ1v) is 9.17. The van der Waals surface area contributed by atoms with Crippen LogP contribution in [0.15, 0.2) is 0 Å². The molecule has 1 unspecified atom stereocenters. The molecule has 0 heterocycles. The van der Waals surface area contributed by atoms with Gasteiger partial charge in [0.25, 0.3) is 0 Å². The average Bonchev–Trinajstić information content (AvgIpc) is 2.29. The minimum absolute atomic E-state index is 0.278. The molecule has 0 aliphatic carbocycles. The zero-order valence-electron chi connectivity index (χ0n) is 14.0. The maximum atomic E-state index is 12.2. The number of methoxy groups -OCH3 is 1. The Kier molecular flexibility index (Phi) is 8.95. The third kappa shape index (κ3) is 8.22. The van der Waals surface area contributed by atoms with Gasteiger partial charge in [-0.1, -0.05) is 13.8 Å². The maximum Gasteiger partial charge on any atom is 0.155 e. The highest BCUT2D eigenvalue weighted by Gasteiger charge is 2.29. The van der Waals surface area contributed by atoms with Crippen LogP contribution in [-0.4, -0.2) is 45.7 Å². The normalized spacial score (nSPS) is 14.8. The van der Waals surface area contributed by atoms with Crippen LogP contribution < -0.4 is 5.32 Å². The van der Waals surface area contributed by atoms with Crippen LogP contribution in [0, 0.1) is 11.8 Å². The Labute approximate surface area is 125 Å². The van der Waals surface area contributed by atoms with Crippen molar-refractivity contribution in [3.05, 3.63) is 0 Å². The fourth-order valence-electron chi connectivity index (χ4n) is 2.08. The van der Waals surface area contributed by atoms with E-state index in [4.69, 9.17) is 4.74 Å². The number of nitrogens with one attached hydrogen (secondary N) is 1. The average molecular weight is 308 g/mol. The van der Waals surface area contributed by atoms with Crippen LogP contribution in [0.2, 0.25) is 0 Å². The standard InChI is InChI=1S/C15H33NO3S/c1-13(2)11-14(12-16-8-9-19-6)7-10-20(17,18)15(3,4)5/h13-14,16H,7-12H2,1-6H3. The molecule has 0 radical (unpaired) electrons. The molecule has 0 bridgehead atoms. The van der Waals surface area contributed by atoms with E-state index in [2.05, 4.69) is 19.2 Å². The fraction of sp³-hybridized carbons (Fsp3) is 1.00. The molecule has 0 amide bonds. The lowest BCUT2D eigenvalue weighted by molar-refractivity contribution is 0.196. The lowest BCUT2D eigenvalue weighted by atomic mass is 9.95. The van der Waals surface area contributed by atoms with E-state index in [1.165, 1.54) is 0 Å². The van der Waals surface area contributed by atoms with Gasteiger partial charge in [0.1, 0.15) is 0 Å². The highest BCUT2D eigenvalue weighted by atomic mass is 32.2. The first kappa shape index (κ1) is 19.9. The predicted octanol–water partition coefficient (Wildman–Crippen LogP) is 2.49. The second-order valence-electron chi connectivity index (χ2n) is 6.91. The van der Waals surface area contributed by atoms with E-state index in [1.54, 1.807) is 27.9 Å². The van der Waals surface area contributed by atoms with Gasteiger partial charge in [-0.05, 0) is 52.0 Å². The monoisotopic (exact) mass is 307 g/mol. The van der Waals surface area contributed by atoms with Crippen molar-refractivity contribution in [3.8, 4) is 0 Å². The van der Waals surface area contributed by atoms with Crippen molar-refractivity contribution in [3.63, 3.8) is 0 Å². The summed E-state index contributed by atoms with van der Waals surface area (Å²) < 4.78 is 28.7. The molecular weight excluding hydrogens is 274 g/mol. The van der Waals surface area contributed by atoms with Gasteiger partial charge in [0.2, 0.25) is 0 Å². The molecule has 4 nitrogen and oxygen atoms in total. The first-order chi connectivity index (χ1) is 9.10. The fourth-order valence-corrected chi connectivity index (χ4v) is 3.33. The summed E-state index contributed by atoms with van der Waals surface area (Å²) in [6.07, 6.45) is 1.79. The van der Waals surface area contributed by atoms with Gasteiger partial charge in [-0.15, -0.1) is 0 Å². The van der Waals surface area contributed by atoms with Crippen molar-refractivity contribution in [2.24, 2.45) is 11.8 Å². The second kappa shape index (κ2) is 9.00. The van der Waals surface area contributed by atoms with Crippen LogP contribution in [0.1, 0.15) is 47.5 Å². The van der Waals surface area contributed by atoms with Gasteiger partial charge in [0, 0.05) is 13.7 Å². The minimum Gasteiger partial charge on any atom is -0.383 e.